The predicted octanol–water partition coefficient (Wildman–Crippen LogP) is 3.98. The van der Waals surface area contributed by atoms with Gasteiger partial charge in [-0.15, -0.1) is 12.4 Å². The first-order valence-electron chi connectivity index (χ1n) is 9.87. The second kappa shape index (κ2) is 9.39. The predicted molar refractivity (Wildman–Crippen MR) is 109 cm³/mol. The van der Waals surface area contributed by atoms with Gasteiger partial charge in [0.2, 0.25) is 5.92 Å². The highest BCUT2D eigenvalue weighted by molar-refractivity contribution is 5.85. The molecule has 0 bridgehead atoms. The molecule has 1 saturated heterocycles. The number of esters is 1. The van der Waals surface area contributed by atoms with Crippen molar-refractivity contribution in [2.75, 3.05) is 13.1 Å². The molecule has 0 aromatic heterocycles. The average Bonchev–Trinajstić information content (AvgIpc) is 3.08. The molecule has 162 valence electrons. The first-order valence-corrected chi connectivity index (χ1v) is 9.87. The van der Waals surface area contributed by atoms with Crippen molar-refractivity contribution < 1.29 is 23.4 Å². The summed E-state index contributed by atoms with van der Waals surface area (Å²) in [6, 6.07) is 8.28. The highest BCUT2D eigenvalue weighted by atomic mass is 35.5. The fourth-order valence-electron chi connectivity index (χ4n) is 4.39. The van der Waals surface area contributed by atoms with Gasteiger partial charge in [-0.25, -0.2) is 13.6 Å². The van der Waals surface area contributed by atoms with E-state index < -0.39 is 35.9 Å². The monoisotopic (exact) mass is 430 g/mol. The first kappa shape index (κ1) is 23.5. The Kier molecular flexibility index (Phi) is 7.62. The minimum Gasteiger partial charge on any atom is -0.460 e. The first-order chi connectivity index (χ1) is 13.3. The number of ether oxygens (including phenoxy) is 1. The van der Waals surface area contributed by atoms with Crippen molar-refractivity contribution in [2.24, 2.45) is 11.8 Å². The molecule has 29 heavy (non-hydrogen) atoms. The second-order valence-electron chi connectivity index (χ2n) is 8.04. The fraction of sp³-hybridized carbons (Fsp3) is 0.619. The van der Waals surface area contributed by atoms with Crippen LogP contribution in [0, 0.1) is 17.2 Å². The van der Waals surface area contributed by atoms with Crippen molar-refractivity contribution >= 4 is 24.7 Å². The number of piperidine rings is 1. The Balaban J connectivity index is 0.00000300. The van der Waals surface area contributed by atoms with Crippen molar-refractivity contribution in [2.45, 2.75) is 56.7 Å². The molecule has 8 heteroatoms. The van der Waals surface area contributed by atoms with Gasteiger partial charge >= 0.3 is 5.97 Å². The minimum absolute atomic E-state index is 0. The van der Waals surface area contributed by atoms with Crippen molar-refractivity contribution in [1.29, 1.82) is 5.41 Å². The average molecular weight is 431 g/mol. The van der Waals surface area contributed by atoms with Crippen molar-refractivity contribution in [3.63, 3.8) is 0 Å². The lowest BCUT2D eigenvalue weighted by Gasteiger charge is -2.36. The van der Waals surface area contributed by atoms with Gasteiger partial charge in [-0.1, -0.05) is 30.3 Å². The molecule has 1 saturated carbocycles. The van der Waals surface area contributed by atoms with E-state index in [4.69, 9.17) is 10.1 Å². The number of nitrogens with one attached hydrogen (secondary N) is 1. The lowest BCUT2D eigenvalue weighted by molar-refractivity contribution is -0.182. The summed E-state index contributed by atoms with van der Waals surface area (Å²) in [5.41, 5.74) is -1.78. The number of carbonyl (C=O) groups is 1. The Bertz CT molecular complexity index is 698. The third kappa shape index (κ3) is 5.07. The number of aliphatic hydroxyl groups is 1. The smallest absolute Gasteiger partial charge is 0.343 e. The van der Waals surface area contributed by atoms with E-state index in [9.17, 15) is 18.7 Å². The molecule has 0 amide bonds. The van der Waals surface area contributed by atoms with Crippen LogP contribution in [-0.4, -0.2) is 47.4 Å². The van der Waals surface area contributed by atoms with Gasteiger partial charge in [0.1, 0.15) is 6.10 Å². The maximum absolute atomic E-state index is 13.8. The Morgan fingerprint density at radius 3 is 2.45 bits per heavy atom. The zero-order valence-corrected chi connectivity index (χ0v) is 17.3. The third-order valence-electron chi connectivity index (χ3n) is 6.23. The Labute approximate surface area is 176 Å². The molecule has 0 radical (unpaired) electrons. The minimum atomic E-state index is -2.88. The Morgan fingerprint density at radius 2 is 1.93 bits per heavy atom. The SMILES string of the molecule is CC(OC(=O)[C@](O)(c1ccccc1)[C@@H]1CCC(F)(F)C1)C1CCN(C=N)CC1.Cl. The van der Waals surface area contributed by atoms with E-state index in [0.717, 1.165) is 12.8 Å². The molecule has 2 fully saturated rings. The standard InChI is InChI=1S/C21H28F2N2O3.ClH/c1-15(16-8-11-25(14-24)12-9-16)28-19(26)21(27,17-5-3-2-4-6-17)18-7-10-20(22,23)13-18;/h2-6,14-16,18,24,27H,7-13H2,1H3;1H/t15?,18-,21+;/m1./s1. The zero-order valence-electron chi connectivity index (χ0n) is 16.5. The van der Waals surface area contributed by atoms with Crippen LogP contribution in [0.2, 0.25) is 0 Å². The van der Waals surface area contributed by atoms with Gasteiger partial charge in [0.15, 0.2) is 5.60 Å². The van der Waals surface area contributed by atoms with Crippen LogP contribution in [0.4, 0.5) is 8.78 Å². The normalized spacial score (nSPS) is 24.8. The molecule has 5 nitrogen and oxygen atoms in total. The maximum atomic E-state index is 13.8. The lowest BCUT2D eigenvalue weighted by Crippen LogP contribution is -2.46. The Hall–Kier alpha value is -1.73. The lowest BCUT2D eigenvalue weighted by atomic mass is 9.80. The van der Waals surface area contributed by atoms with Crippen LogP contribution in [-0.2, 0) is 15.1 Å². The number of carbonyl (C=O) groups excluding carboxylic acids is 1. The van der Waals surface area contributed by atoms with E-state index in [2.05, 4.69) is 0 Å². The van der Waals surface area contributed by atoms with Crippen LogP contribution >= 0.6 is 12.4 Å². The molecule has 2 aliphatic rings. The molecule has 1 heterocycles. The van der Waals surface area contributed by atoms with Crippen LogP contribution in [0.1, 0.15) is 44.6 Å². The number of benzene rings is 1. The summed E-state index contributed by atoms with van der Waals surface area (Å²) < 4.78 is 33.3. The molecule has 3 rings (SSSR count). The number of alkyl halides is 2. The molecule has 3 atom stereocenters. The number of likely N-dealkylation sites (tertiary alicyclic amines) is 1. The van der Waals surface area contributed by atoms with Crippen LogP contribution in [0.3, 0.4) is 0 Å². The largest absolute Gasteiger partial charge is 0.460 e. The molecular formula is C21H29ClF2N2O3. The van der Waals surface area contributed by atoms with Gasteiger partial charge in [0.25, 0.3) is 0 Å². The molecule has 1 unspecified atom stereocenters. The fourth-order valence-corrected chi connectivity index (χ4v) is 4.39. The highest BCUT2D eigenvalue weighted by Crippen LogP contribution is 2.48. The van der Waals surface area contributed by atoms with E-state index >= 15 is 0 Å². The number of hydrogen-bond donors (Lipinski definition) is 2. The molecule has 2 N–H and O–H groups in total. The van der Waals surface area contributed by atoms with Gasteiger partial charge in [-0.2, -0.15) is 0 Å². The van der Waals surface area contributed by atoms with Crippen LogP contribution in [0.15, 0.2) is 30.3 Å². The van der Waals surface area contributed by atoms with E-state index in [0.29, 0.717) is 18.7 Å². The molecule has 1 aromatic carbocycles. The number of rotatable bonds is 6. The second-order valence-corrected chi connectivity index (χ2v) is 8.04. The van der Waals surface area contributed by atoms with Crippen molar-refractivity contribution in [3.05, 3.63) is 35.9 Å². The molecular weight excluding hydrogens is 402 g/mol. The van der Waals surface area contributed by atoms with Crippen molar-refractivity contribution in [3.8, 4) is 0 Å². The molecule has 0 spiro atoms. The summed E-state index contributed by atoms with van der Waals surface area (Å²) in [4.78, 5) is 15.0. The van der Waals surface area contributed by atoms with Gasteiger partial charge in [-0.05, 0) is 37.7 Å². The summed E-state index contributed by atoms with van der Waals surface area (Å²) in [6.45, 7) is 3.22. The quantitative estimate of drug-likeness (QED) is 0.406. The molecule has 1 aliphatic heterocycles. The van der Waals surface area contributed by atoms with E-state index in [1.807, 2.05) is 4.90 Å². The summed E-state index contributed by atoms with van der Waals surface area (Å²) in [6.07, 6.45) is 1.63. The van der Waals surface area contributed by atoms with Crippen LogP contribution < -0.4 is 0 Å². The van der Waals surface area contributed by atoms with Gasteiger partial charge in [0, 0.05) is 31.8 Å². The maximum Gasteiger partial charge on any atom is 0.343 e. The summed E-state index contributed by atoms with van der Waals surface area (Å²) in [5.74, 6) is -4.49. The van der Waals surface area contributed by atoms with Crippen LogP contribution in [0.25, 0.3) is 0 Å². The van der Waals surface area contributed by atoms with E-state index in [1.54, 1.807) is 37.3 Å². The molecule has 1 aromatic rings. The van der Waals surface area contributed by atoms with Gasteiger partial charge < -0.3 is 14.7 Å². The number of hydrogen-bond acceptors (Lipinski definition) is 4. The Morgan fingerprint density at radius 1 is 1.31 bits per heavy atom. The van der Waals surface area contributed by atoms with Crippen molar-refractivity contribution in [1.82, 2.24) is 4.90 Å². The zero-order chi connectivity index (χ0) is 20.4. The van der Waals surface area contributed by atoms with E-state index in [-0.39, 0.29) is 31.2 Å². The number of halogens is 3. The topological polar surface area (TPSA) is 73.6 Å². The summed E-state index contributed by atoms with van der Waals surface area (Å²) in [7, 11) is 0. The number of nitrogens with zero attached hydrogens (tertiary/aromatic N) is 1. The third-order valence-corrected chi connectivity index (χ3v) is 6.23. The summed E-state index contributed by atoms with van der Waals surface area (Å²) >= 11 is 0. The summed E-state index contributed by atoms with van der Waals surface area (Å²) in [5, 5.41) is 18.7. The molecule has 1 aliphatic carbocycles. The van der Waals surface area contributed by atoms with Gasteiger partial charge in [0.05, 0.1) is 6.34 Å². The van der Waals surface area contributed by atoms with Crippen LogP contribution in [0.5, 0.6) is 0 Å². The van der Waals surface area contributed by atoms with Gasteiger partial charge in [-0.3, -0.25) is 5.41 Å². The van der Waals surface area contributed by atoms with E-state index in [1.165, 1.54) is 6.34 Å². The highest BCUT2D eigenvalue weighted by Gasteiger charge is 2.54.